The molecular formula is C5H6O6. The predicted molar refractivity (Wildman–Crippen MR) is 29.3 cm³/mol. The first-order valence-electron chi connectivity index (χ1n) is 2.82. The van der Waals surface area contributed by atoms with Crippen LogP contribution >= 0.6 is 0 Å². The van der Waals surface area contributed by atoms with E-state index in [1.165, 1.54) is 0 Å². The van der Waals surface area contributed by atoms with Gasteiger partial charge >= 0.3 is 17.7 Å². The van der Waals surface area contributed by atoms with E-state index in [4.69, 9.17) is 15.3 Å². The highest BCUT2D eigenvalue weighted by atomic mass is 16.7. The van der Waals surface area contributed by atoms with Crippen LogP contribution < -0.4 is 0 Å². The molecule has 3 N–H and O–H groups in total. The van der Waals surface area contributed by atoms with E-state index >= 15 is 0 Å². The molecule has 0 aliphatic carbocycles. The van der Waals surface area contributed by atoms with Crippen molar-refractivity contribution < 1.29 is 29.6 Å². The number of aliphatic carboxylic acids is 1. The second kappa shape index (κ2) is 2.18. The summed E-state index contributed by atoms with van der Waals surface area (Å²) in [6.45, 7) is 0. The summed E-state index contributed by atoms with van der Waals surface area (Å²) in [5, 5.41) is 25.9. The molecule has 0 spiro atoms. The number of carboxylic acid groups (broad SMARTS) is 1. The third kappa shape index (κ3) is 1.17. The Labute approximate surface area is 61.0 Å². The van der Waals surface area contributed by atoms with Crippen molar-refractivity contribution in [3.63, 3.8) is 0 Å². The lowest BCUT2D eigenvalue weighted by molar-refractivity contribution is -0.209. The summed E-state index contributed by atoms with van der Waals surface area (Å²) in [5.74, 6) is -5.34. The smallest absolute Gasteiger partial charge is 0.377 e. The molecule has 2 unspecified atom stereocenters. The molecular weight excluding hydrogens is 156 g/mol. The van der Waals surface area contributed by atoms with Crippen LogP contribution in [-0.2, 0) is 14.3 Å². The van der Waals surface area contributed by atoms with Gasteiger partial charge in [-0.25, -0.2) is 9.59 Å². The number of cyclic esters (lactones) is 1. The van der Waals surface area contributed by atoms with Crippen LogP contribution in [0.25, 0.3) is 0 Å². The number of carbonyl (C=O) groups is 2. The first-order valence-corrected chi connectivity index (χ1v) is 2.82. The minimum absolute atomic E-state index is 0.624. The largest absolute Gasteiger partial charge is 0.476 e. The van der Waals surface area contributed by atoms with Crippen molar-refractivity contribution >= 4 is 11.9 Å². The summed E-state index contributed by atoms with van der Waals surface area (Å²) in [6, 6.07) is 0. The van der Waals surface area contributed by atoms with E-state index in [0.29, 0.717) is 0 Å². The van der Waals surface area contributed by atoms with Gasteiger partial charge in [0.15, 0.2) is 6.10 Å². The van der Waals surface area contributed by atoms with Crippen LogP contribution in [0.15, 0.2) is 0 Å². The van der Waals surface area contributed by atoms with Gasteiger partial charge < -0.3 is 20.1 Å². The van der Waals surface area contributed by atoms with Crippen LogP contribution in [0.1, 0.15) is 6.42 Å². The molecule has 1 rings (SSSR count). The summed E-state index contributed by atoms with van der Waals surface area (Å²) < 4.78 is 3.99. The van der Waals surface area contributed by atoms with Crippen molar-refractivity contribution in [2.45, 2.75) is 18.3 Å². The zero-order chi connectivity index (χ0) is 8.65. The van der Waals surface area contributed by atoms with Crippen LogP contribution in [0.4, 0.5) is 0 Å². The number of carbonyl (C=O) groups excluding carboxylic acids is 1. The number of hydrogen-bond donors (Lipinski definition) is 3. The van der Waals surface area contributed by atoms with Gasteiger partial charge in [0, 0.05) is 0 Å². The molecule has 1 heterocycles. The molecule has 0 aromatic rings. The highest BCUT2D eigenvalue weighted by Gasteiger charge is 2.51. The molecule has 0 amide bonds. The van der Waals surface area contributed by atoms with Crippen molar-refractivity contribution in [2.24, 2.45) is 0 Å². The van der Waals surface area contributed by atoms with E-state index in [-0.39, 0.29) is 0 Å². The van der Waals surface area contributed by atoms with Crippen LogP contribution in [0, 0.1) is 0 Å². The van der Waals surface area contributed by atoms with Crippen molar-refractivity contribution in [1.29, 1.82) is 0 Å². The maximum atomic E-state index is 10.4. The standard InChI is InChI=1S/C5H6O6/c6-2-1-5(10,4(8)9)11-3(2)7/h2,6,10H,1H2,(H,8,9). The van der Waals surface area contributed by atoms with Crippen LogP contribution in [0.3, 0.4) is 0 Å². The van der Waals surface area contributed by atoms with Gasteiger partial charge in [-0.05, 0) is 0 Å². The molecule has 6 nitrogen and oxygen atoms in total. The Morgan fingerprint density at radius 1 is 1.73 bits per heavy atom. The molecule has 6 heteroatoms. The van der Waals surface area contributed by atoms with Crippen molar-refractivity contribution in [3.05, 3.63) is 0 Å². The van der Waals surface area contributed by atoms with Crippen molar-refractivity contribution in [1.82, 2.24) is 0 Å². The van der Waals surface area contributed by atoms with Crippen LogP contribution in [0.5, 0.6) is 0 Å². The zero-order valence-corrected chi connectivity index (χ0v) is 5.35. The summed E-state index contributed by atoms with van der Waals surface area (Å²) in [7, 11) is 0. The zero-order valence-electron chi connectivity index (χ0n) is 5.35. The van der Waals surface area contributed by atoms with E-state index in [2.05, 4.69) is 4.74 Å². The molecule has 1 fully saturated rings. The van der Waals surface area contributed by atoms with Gasteiger partial charge in [0.2, 0.25) is 0 Å². The summed E-state index contributed by atoms with van der Waals surface area (Å²) in [6.07, 6.45) is -2.17. The van der Waals surface area contributed by atoms with Gasteiger partial charge in [-0.3, -0.25) is 0 Å². The molecule has 11 heavy (non-hydrogen) atoms. The molecule has 0 bridgehead atoms. The average molecular weight is 162 g/mol. The van der Waals surface area contributed by atoms with Gasteiger partial charge in [-0.15, -0.1) is 0 Å². The highest BCUT2D eigenvalue weighted by molar-refractivity contribution is 5.86. The maximum absolute atomic E-state index is 10.4. The van der Waals surface area contributed by atoms with Gasteiger partial charge in [-0.1, -0.05) is 0 Å². The number of ether oxygens (including phenoxy) is 1. The van der Waals surface area contributed by atoms with Gasteiger partial charge in [0.25, 0.3) is 0 Å². The number of aliphatic hydroxyl groups excluding tert-OH is 1. The second-order valence-electron chi connectivity index (χ2n) is 2.23. The van der Waals surface area contributed by atoms with Crippen LogP contribution in [0.2, 0.25) is 0 Å². The lowest BCUT2D eigenvalue weighted by atomic mass is 10.1. The lowest BCUT2D eigenvalue weighted by Gasteiger charge is -2.13. The summed E-state index contributed by atoms with van der Waals surface area (Å²) in [4.78, 5) is 20.6. The number of carboxylic acids is 1. The minimum atomic E-state index is -2.55. The van der Waals surface area contributed by atoms with E-state index in [9.17, 15) is 9.59 Å². The number of aliphatic hydroxyl groups is 2. The van der Waals surface area contributed by atoms with Crippen molar-refractivity contribution in [3.8, 4) is 0 Å². The first-order chi connectivity index (χ1) is 4.96. The van der Waals surface area contributed by atoms with E-state index in [1.54, 1.807) is 0 Å². The van der Waals surface area contributed by atoms with Gasteiger partial charge in [0.05, 0.1) is 6.42 Å². The Bertz CT molecular complexity index is 209. The predicted octanol–water partition coefficient (Wildman–Crippen LogP) is -1.93. The van der Waals surface area contributed by atoms with Crippen LogP contribution in [-0.4, -0.2) is 39.1 Å². The first kappa shape index (κ1) is 7.96. The number of esters is 1. The second-order valence-corrected chi connectivity index (χ2v) is 2.23. The normalized spacial score (nSPS) is 36.9. The molecule has 1 aliphatic heterocycles. The maximum Gasteiger partial charge on any atom is 0.377 e. The fourth-order valence-electron chi connectivity index (χ4n) is 0.752. The molecule has 62 valence electrons. The Balaban J connectivity index is 2.79. The van der Waals surface area contributed by atoms with E-state index in [1.807, 2.05) is 0 Å². The molecule has 2 atom stereocenters. The summed E-state index contributed by atoms with van der Waals surface area (Å²) >= 11 is 0. The molecule has 0 aromatic carbocycles. The van der Waals surface area contributed by atoms with Gasteiger partial charge in [0.1, 0.15) is 0 Å². The van der Waals surface area contributed by atoms with E-state index in [0.717, 1.165) is 0 Å². The summed E-state index contributed by atoms with van der Waals surface area (Å²) in [5.41, 5.74) is 0. The quantitative estimate of drug-likeness (QED) is 0.388. The van der Waals surface area contributed by atoms with Crippen molar-refractivity contribution in [2.75, 3.05) is 0 Å². The SMILES string of the molecule is O=C1OC(O)(C(=O)O)CC1O. The molecule has 0 saturated carbocycles. The molecule has 1 aliphatic rings. The third-order valence-electron chi connectivity index (χ3n) is 1.35. The monoisotopic (exact) mass is 162 g/mol. The lowest BCUT2D eigenvalue weighted by Crippen LogP contribution is -2.38. The Kier molecular flexibility index (Phi) is 1.57. The molecule has 1 saturated heterocycles. The Morgan fingerprint density at radius 3 is 2.45 bits per heavy atom. The Hall–Kier alpha value is -1.14. The fraction of sp³-hybridized carbons (Fsp3) is 0.600. The highest BCUT2D eigenvalue weighted by Crippen LogP contribution is 2.24. The van der Waals surface area contributed by atoms with E-state index < -0.39 is 30.3 Å². The number of hydrogen-bond acceptors (Lipinski definition) is 5. The third-order valence-corrected chi connectivity index (χ3v) is 1.35. The minimum Gasteiger partial charge on any atom is -0.476 e. The van der Waals surface area contributed by atoms with Gasteiger partial charge in [-0.2, -0.15) is 0 Å². The molecule has 0 aromatic heterocycles. The number of rotatable bonds is 1. The topological polar surface area (TPSA) is 104 Å². The molecule has 0 radical (unpaired) electrons. The Morgan fingerprint density at radius 2 is 2.27 bits per heavy atom. The average Bonchev–Trinajstić information content (AvgIpc) is 2.09. The fourth-order valence-corrected chi connectivity index (χ4v) is 0.752.